The number of nitrogens with zero attached hydrogens (tertiary/aromatic N) is 3. The van der Waals surface area contributed by atoms with Gasteiger partial charge in [0.15, 0.2) is 0 Å². The van der Waals surface area contributed by atoms with Gasteiger partial charge in [0.05, 0.1) is 29.2 Å². The molecular formula is C42H48F6N4O6. The second kappa shape index (κ2) is 16.8. The largest absolute Gasteiger partial charge is 0.493 e. The third-order valence-electron chi connectivity index (χ3n) is 12.0. The van der Waals surface area contributed by atoms with Crippen molar-refractivity contribution in [2.24, 2.45) is 11.1 Å². The van der Waals surface area contributed by atoms with Gasteiger partial charge in [-0.05, 0) is 93.8 Å². The molecule has 2 saturated heterocycles. The van der Waals surface area contributed by atoms with Gasteiger partial charge in [-0.25, -0.2) is 0 Å². The van der Waals surface area contributed by atoms with Gasteiger partial charge >= 0.3 is 18.3 Å². The molecule has 0 radical (unpaired) electrons. The van der Waals surface area contributed by atoms with Crippen LogP contribution < -0.4 is 15.2 Å². The summed E-state index contributed by atoms with van der Waals surface area (Å²) in [7, 11) is 0. The first-order valence-electron chi connectivity index (χ1n) is 19.7. The van der Waals surface area contributed by atoms with Crippen LogP contribution in [-0.4, -0.2) is 75.6 Å². The summed E-state index contributed by atoms with van der Waals surface area (Å²) in [6.07, 6.45) is -4.04. The summed E-state index contributed by atoms with van der Waals surface area (Å²) in [5, 5.41) is 9.69. The highest BCUT2D eigenvalue weighted by atomic mass is 19.4. The lowest BCUT2D eigenvalue weighted by molar-refractivity contribution is -0.161. The highest BCUT2D eigenvalue weighted by Gasteiger charge is 2.56. The van der Waals surface area contributed by atoms with Gasteiger partial charge in [0.2, 0.25) is 5.60 Å². The fourth-order valence-electron chi connectivity index (χ4n) is 8.68. The van der Waals surface area contributed by atoms with E-state index in [0.717, 1.165) is 49.0 Å². The molecule has 1 aromatic heterocycles. The molecule has 2 atom stereocenters. The zero-order valence-electron chi connectivity index (χ0n) is 32.2. The Morgan fingerprint density at radius 1 is 0.879 bits per heavy atom. The van der Waals surface area contributed by atoms with Crippen LogP contribution in [0.25, 0.3) is 0 Å². The van der Waals surface area contributed by atoms with Crippen LogP contribution in [0.4, 0.5) is 26.3 Å². The average molecular weight is 819 g/mol. The number of carboxylic acids is 1. The van der Waals surface area contributed by atoms with E-state index < -0.39 is 69.6 Å². The van der Waals surface area contributed by atoms with Crippen molar-refractivity contribution in [1.29, 1.82) is 0 Å². The molecule has 16 heteroatoms. The Morgan fingerprint density at radius 2 is 1.57 bits per heavy atom. The Labute approximate surface area is 332 Å². The number of para-hydroxylation sites is 1. The van der Waals surface area contributed by atoms with Crippen molar-refractivity contribution in [3.63, 3.8) is 0 Å². The number of hydrogen-bond acceptors (Lipinski definition) is 7. The van der Waals surface area contributed by atoms with E-state index >= 15 is 4.79 Å². The van der Waals surface area contributed by atoms with Crippen LogP contribution in [-0.2, 0) is 27.5 Å². The third-order valence-corrected chi connectivity index (χ3v) is 12.0. The first-order chi connectivity index (χ1) is 27.4. The number of pyridine rings is 1. The van der Waals surface area contributed by atoms with Gasteiger partial charge in [-0.2, -0.15) is 26.3 Å². The number of hydrogen-bond donors (Lipinski definition) is 2. The quantitative estimate of drug-likeness (QED) is 0.130. The summed E-state index contributed by atoms with van der Waals surface area (Å²) < 4.78 is 95.5. The van der Waals surface area contributed by atoms with Gasteiger partial charge < -0.3 is 30.1 Å². The van der Waals surface area contributed by atoms with Gasteiger partial charge in [-0.1, -0.05) is 38.0 Å². The Bertz CT molecular complexity index is 1940. The number of benzene rings is 2. The molecule has 58 heavy (non-hydrogen) atoms. The van der Waals surface area contributed by atoms with Gasteiger partial charge in [0.1, 0.15) is 17.2 Å². The minimum Gasteiger partial charge on any atom is -0.493 e. The zero-order chi connectivity index (χ0) is 41.9. The number of carbonyl (C=O) groups excluding carboxylic acids is 2. The molecule has 0 spiro atoms. The molecule has 0 unspecified atom stereocenters. The van der Waals surface area contributed by atoms with Crippen LogP contribution in [0.15, 0.2) is 66.9 Å². The van der Waals surface area contributed by atoms with Crippen molar-refractivity contribution in [3.05, 3.63) is 89.2 Å². The third kappa shape index (κ3) is 8.62. The van der Waals surface area contributed by atoms with Crippen LogP contribution in [0.3, 0.4) is 0 Å². The van der Waals surface area contributed by atoms with Crippen LogP contribution in [0.2, 0.25) is 0 Å². The number of likely N-dealkylation sites (tertiary alicyclic amines) is 2. The molecule has 2 aliphatic heterocycles. The number of aliphatic carboxylic acids is 1. The van der Waals surface area contributed by atoms with Gasteiger partial charge in [-0.3, -0.25) is 19.4 Å². The number of carboxylic acid groups (broad SMARTS) is 1. The van der Waals surface area contributed by atoms with E-state index in [4.69, 9.17) is 15.2 Å². The summed E-state index contributed by atoms with van der Waals surface area (Å²) in [5.41, 5.74) is 1.22. The Hall–Kier alpha value is -4.86. The Balaban J connectivity index is 1.27. The number of rotatable bonds is 13. The predicted molar refractivity (Wildman–Crippen MR) is 200 cm³/mol. The number of piperidine rings is 2. The molecule has 6 rings (SSSR count). The van der Waals surface area contributed by atoms with E-state index in [-0.39, 0.29) is 64.1 Å². The Kier molecular flexibility index (Phi) is 12.4. The highest BCUT2D eigenvalue weighted by molar-refractivity contribution is 5.96. The maximum absolute atomic E-state index is 15.0. The zero-order valence-corrected chi connectivity index (χ0v) is 32.2. The second-order valence-corrected chi connectivity index (χ2v) is 15.7. The average Bonchev–Trinajstić information content (AvgIpc) is 3.17. The molecule has 3 aliphatic rings. The lowest BCUT2D eigenvalue weighted by Crippen LogP contribution is -2.69. The number of nitrogens with two attached hydrogens (primary N) is 1. The van der Waals surface area contributed by atoms with Gasteiger partial charge in [0, 0.05) is 43.4 Å². The standard InChI is InChI=1S/C42H48F6N4O6/c1-2-9-33-40(58-29-15-13-28(14-16-29)41(43,44)45,20-7-24-52(33)35(53)34-31(42(46,47)48)11-5-23-50-34)36(54)51-25-21-39(49,22-26-51)30-10-3-4-12-32(30)57-27-8-19-38(37(55)56)17-6-18-38/h3-5,10-16,23,33H,2,6-9,17-22,24-27,49H2,1H3,(H,55,56)/t33-,40+/m1/s1. The summed E-state index contributed by atoms with van der Waals surface area (Å²) in [5.74, 6) is -1.92. The summed E-state index contributed by atoms with van der Waals surface area (Å²) in [4.78, 5) is 47.5. The van der Waals surface area contributed by atoms with Crippen molar-refractivity contribution in [1.82, 2.24) is 14.8 Å². The monoisotopic (exact) mass is 818 g/mol. The van der Waals surface area contributed by atoms with Crippen LogP contribution in [0, 0.1) is 5.41 Å². The SMILES string of the molecule is CCC[C@H]1N(C(=O)c2ncccc2C(F)(F)F)CCC[C@@]1(Oc1ccc(C(F)(F)F)cc1)C(=O)N1CCC(N)(c2ccccc2OCCCC2(C(=O)O)CCC2)CC1. The molecule has 2 amide bonds. The topological polar surface area (TPSA) is 135 Å². The molecule has 3 N–H and O–H groups in total. The number of carbonyl (C=O) groups is 3. The lowest BCUT2D eigenvalue weighted by atomic mass is 9.66. The van der Waals surface area contributed by atoms with Crippen LogP contribution >= 0.6 is 0 Å². The van der Waals surface area contributed by atoms with Crippen molar-refractivity contribution in [3.8, 4) is 11.5 Å². The van der Waals surface area contributed by atoms with E-state index in [1.54, 1.807) is 24.0 Å². The van der Waals surface area contributed by atoms with Crippen molar-refractivity contribution < 1.29 is 55.3 Å². The summed E-state index contributed by atoms with van der Waals surface area (Å²) in [6.45, 7) is 2.30. The molecule has 1 saturated carbocycles. The van der Waals surface area contributed by atoms with E-state index in [9.17, 15) is 41.0 Å². The van der Waals surface area contributed by atoms with Gasteiger partial charge in [0.25, 0.3) is 11.8 Å². The number of aromatic nitrogens is 1. The first-order valence-corrected chi connectivity index (χ1v) is 19.7. The van der Waals surface area contributed by atoms with E-state index in [1.165, 1.54) is 4.90 Å². The minimum atomic E-state index is -4.90. The molecule has 3 heterocycles. The Morgan fingerprint density at radius 3 is 2.17 bits per heavy atom. The normalized spacial score (nSPS) is 21.8. The minimum absolute atomic E-state index is 0.0112. The predicted octanol–water partition coefficient (Wildman–Crippen LogP) is 8.23. The van der Waals surface area contributed by atoms with Gasteiger partial charge in [-0.15, -0.1) is 0 Å². The molecule has 3 aromatic rings. The number of amides is 2. The number of ether oxygens (including phenoxy) is 2. The molecule has 314 valence electrons. The number of alkyl halides is 6. The lowest BCUT2D eigenvalue weighted by Gasteiger charge is -2.51. The van der Waals surface area contributed by atoms with Crippen LogP contribution in [0.1, 0.15) is 105 Å². The summed E-state index contributed by atoms with van der Waals surface area (Å²) in [6, 6.07) is 11.8. The molecule has 1 aliphatic carbocycles. The van der Waals surface area contributed by atoms with E-state index in [0.29, 0.717) is 43.4 Å². The smallest absolute Gasteiger partial charge is 0.418 e. The molecule has 0 bridgehead atoms. The van der Waals surface area contributed by atoms with Crippen molar-refractivity contribution in [2.45, 2.75) is 107 Å². The molecule has 2 aromatic carbocycles. The molecule has 10 nitrogen and oxygen atoms in total. The fourth-order valence-corrected chi connectivity index (χ4v) is 8.68. The fraction of sp³-hybridized carbons (Fsp3) is 0.524. The summed E-state index contributed by atoms with van der Waals surface area (Å²) >= 11 is 0. The maximum Gasteiger partial charge on any atom is 0.418 e. The van der Waals surface area contributed by atoms with E-state index in [1.807, 2.05) is 12.1 Å². The highest BCUT2D eigenvalue weighted by Crippen LogP contribution is 2.46. The first kappa shape index (κ1) is 42.7. The van der Waals surface area contributed by atoms with Crippen molar-refractivity contribution >= 4 is 17.8 Å². The molecule has 3 fully saturated rings. The van der Waals surface area contributed by atoms with Crippen LogP contribution in [0.5, 0.6) is 11.5 Å². The number of halogens is 6. The second-order valence-electron chi connectivity index (χ2n) is 15.7. The molecular weight excluding hydrogens is 770 g/mol. The maximum atomic E-state index is 15.0. The van der Waals surface area contributed by atoms with Crippen molar-refractivity contribution in [2.75, 3.05) is 26.2 Å². The van der Waals surface area contributed by atoms with E-state index in [2.05, 4.69) is 4.98 Å².